The van der Waals surface area contributed by atoms with Crippen molar-refractivity contribution in [3.63, 3.8) is 0 Å². The minimum absolute atomic E-state index is 0.297. The maximum Gasteiger partial charge on any atom is 0.276 e. The molecule has 3 aromatic heterocycles. The van der Waals surface area contributed by atoms with Crippen molar-refractivity contribution >= 4 is 34.7 Å². The number of benzene rings is 1. The second kappa shape index (κ2) is 8.27. The predicted octanol–water partition coefficient (Wildman–Crippen LogP) is 3.70. The van der Waals surface area contributed by atoms with Gasteiger partial charge in [-0.25, -0.2) is 9.97 Å². The average molecular weight is 414 g/mol. The standard InChI is InChI=1S/C23H22N6O2/c1-14-8-4-5-9-17(14)26-21-18(12-16(13-25-21)22(30)24-3)27-23(31)20-15(2)29-11-7-6-10-19(29)28-20/h4-13H,1-3H3,(H,24,30)(H,25,26)(H,27,31). The summed E-state index contributed by atoms with van der Waals surface area (Å²) in [5, 5.41) is 8.68. The number of amides is 2. The molecule has 0 radical (unpaired) electrons. The third-order valence-corrected chi connectivity index (χ3v) is 5.01. The quantitative estimate of drug-likeness (QED) is 0.462. The number of nitrogens with zero attached hydrogens (tertiary/aromatic N) is 3. The Morgan fingerprint density at radius 2 is 1.74 bits per heavy atom. The van der Waals surface area contributed by atoms with Gasteiger partial charge in [0.2, 0.25) is 0 Å². The molecule has 0 bridgehead atoms. The molecule has 0 aliphatic heterocycles. The lowest BCUT2D eigenvalue weighted by Crippen LogP contribution is -2.20. The number of aryl methyl sites for hydroxylation is 2. The molecule has 2 amide bonds. The largest absolute Gasteiger partial charge is 0.355 e. The van der Waals surface area contributed by atoms with Gasteiger partial charge in [0.05, 0.1) is 16.9 Å². The molecule has 0 unspecified atom stereocenters. The summed E-state index contributed by atoms with van der Waals surface area (Å²) in [6.07, 6.45) is 3.32. The maximum absolute atomic E-state index is 13.1. The van der Waals surface area contributed by atoms with Gasteiger partial charge in [0.25, 0.3) is 11.8 Å². The van der Waals surface area contributed by atoms with E-state index in [1.807, 2.05) is 66.9 Å². The lowest BCUT2D eigenvalue weighted by atomic mass is 10.2. The monoisotopic (exact) mass is 414 g/mol. The van der Waals surface area contributed by atoms with E-state index in [2.05, 4.69) is 25.9 Å². The summed E-state index contributed by atoms with van der Waals surface area (Å²) in [7, 11) is 1.54. The number of carbonyl (C=O) groups excluding carboxylic acids is 2. The first-order chi connectivity index (χ1) is 15.0. The SMILES string of the molecule is CNC(=O)c1cnc(Nc2ccccc2C)c(NC(=O)c2nc3ccccn3c2C)c1. The van der Waals surface area contributed by atoms with Gasteiger partial charge in [-0.05, 0) is 43.7 Å². The lowest BCUT2D eigenvalue weighted by Gasteiger charge is -2.14. The number of hydrogen-bond donors (Lipinski definition) is 3. The smallest absolute Gasteiger partial charge is 0.276 e. The summed E-state index contributed by atoms with van der Waals surface area (Å²) in [6, 6.07) is 14.9. The molecule has 0 fully saturated rings. The third-order valence-electron chi connectivity index (χ3n) is 5.01. The summed E-state index contributed by atoms with van der Waals surface area (Å²) in [4.78, 5) is 34.0. The molecule has 4 aromatic rings. The number of carbonyl (C=O) groups is 2. The third kappa shape index (κ3) is 3.95. The molecule has 0 saturated heterocycles. The van der Waals surface area contributed by atoms with Gasteiger partial charge in [0.1, 0.15) is 11.3 Å². The highest BCUT2D eigenvalue weighted by Gasteiger charge is 2.19. The fourth-order valence-electron chi connectivity index (χ4n) is 3.28. The van der Waals surface area contributed by atoms with Crippen molar-refractivity contribution in [3.8, 4) is 0 Å². The minimum atomic E-state index is -0.384. The maximum atomic E-state index is 13.1. The Bertz CT molecular complexity index is 1290. The van der Waals surface area contributed by atoms with E-state index in [0.717, 1.165) is 16.9 Å². The first kappa shape index (κ1) is 20.1. The molecule has 1 aromatic carbocycles. The van der Waals surface area contributed by atoms with Gasteiger partial charge in [-0.1, -0.05) is 24.3 Å². The molecule has 4 rings (SSSR count). The van der Waals surface area contributed by atoms with E-state index in [4.69, 9.17) is 0 Å². The molecule has 0 aliphatic rings. The van der Waals surface area contributed by atoms with Crippen LogP contribution in [0.15, 0.2) is 60.9 Å². The van der Waals surface area contributed by atoms with E-state index in [1.165, 1.54) is 6.20 Å². The first-order valence-corrected chi connectivity index (χ1v) is 9.77. The Balaban J connectivity index is 1.72. The Morgan fingerprint density at radius 1 is 0.968 bits per heavy atom. The number of anilines is 3. The molecular formula is C23H22N6O2. The number of imidazole rings is 1. The molecule has 8 heteroatoms. The van der Waals surface area contributed by atoms with Crippen LogP contribution in [0.25, 0.3) is 5.65 Å². The molecule has 8 nitrogen and oxygen atoms in total. The van der Waals surface area contributed by atoms with Crippen LogP contribution in [0.5, 0.6) is 0 Å². The lowest BCUT2D eigenvalue weighted by molar-refractivity contribution is 0.0961. The van der Waals surface area contributed by atoms with Crippen LogP contribution in [0, 0.1) is 13.8 Å². The van der Waals surface area contributed by atoms with Gasteiger partial charge in [-0.3, -0.25) is 9.59 Å². The summed E-state index contributed by atoms with van der Waals surface area (Å²) in [5.41, 5.74) is 4.29. The molecule has 31 heavy (non-hydrogen) atoms. The number of hydrogen-bond acceptors (Lipinski definition) is 5. The summed E-state index contributed by atoms with van der Waals surface area (Å²) in [5.74, 6) is -0.254. The first-order valence-electron chi connectivity index (χ1n) is 9.77. The predicted molar refractivity (Wildman–Crippen MR) is 120 cm³/mol. The molecule has 0 aliphatic carbocycles. The molecule has 3 heterocycles. The molecule has 0 spiro atoms. The van der Waals surface area contributed by atoms with Crippen molar-refractivity contribution in [1.82, 2.24) is 19.7 Å². The van der Waals surface area contributed by atoms with Gasteiger partial charge >= 0.3 is 0 Å². The second-order valence-corrected chi connectivity index (χ2v) is 7.07. The van der Waals surface area contributed by atoms with Crippen molar-refractivity contribution in [1.29, 1.82) is 0 Å². The molecule has 0 saturated carbocycles. The zero-order valence-corrected chi connectivity index (χ0v) is 17.4. The van der Waals surface area contributed by atoms with Crippen LogP contribution in [-0.2, 0) is 0 Å². The molecule has 156 valence electrons. The van der Waals surface area contributed by atoms with Crippen LogP contribution in [0.3, 0.4) is 0 Å². The second-order valence-electron chi connectivity index (χ2n) is 7.07. The fraction of sp³-hybridized carbons (Fsp3) is 0.130. The van der Waals surface area contributed by atoms with E-state index in [0.29, 0.717) is 28.4 Å². The Labute approximate surface area is 179 Å². The van der Waals surface area contributed by atoms with E-state index in [9.17, 15) is 9.59 Å². The van der Waals surface area contributed by atoms with Crippen LogP contribution < -0.4 is 16.0 Å². The number of fused-ring (bicyclic) bond motifs is 1. The highest BCUT2D eigenvalue weighted by Crippen LogP contribution is 2.27. The minimum Gasteiger partial charge on any atom is -0.355 e. The fourth-order valence-corrected chi connectivity index (χ4v) is 3.28. The zero-order valence-electron chi connectivity index (χ0n) is 17.4. The Hall–Kier alpha value is -4.20. The van der Waals surface area contributed by atoms with Crippen molar-refractivity contribution < 1.29 is 9.59 Å². The zero-order chi connectivity index (χ0) is 22.0. The van der Waals surface area contributed by atoms with Gasteiger partial charge < -0.3 is 20.4 Å². The number of pyridine rings is 2. The normalized spacial score (nSPS) is 10.7. The topological polar surface area (TPSA) is 100 Å². The van der Waals surface area contributed by atoms with Gasteiger partial charge in [-0.15, -0.1) is 0 Å². The van der Waals surface area contributed by atoms with Gasteiger partial charge in [-0.2, -0.15) is 0 Å². The molecular weight excluding hydrogens is 392 g/mol. The highest BCUT2D eigenvalue weighted by atomic mass is 16.2. The van der Waals surface area contributed by atoms with Crippen LogP contribution in [0.2, 0.25) is 0 Å². The van der Waals surface area contributed by atoms with Gasteiger partial charge in [0.15, 0.2) is 5.82 Å². The summed E-state index contributed by atoms with van der Waals surface area (Å²) < 4.78 is 1.85. The van der Waals surface area contributed by atoms with Gasteiger partial charge in [0, 0.05) is 25.1 Å². The number of rotatable bonds is 5. The molecule has 0 atom stereocenters. The summed E-state index contributed by atoms with van der Waals surface area (Å²) >= 11 is 0. The molecule has 3 N–H and O–H groups in total. The highest BCUT2D eigenvalue weighted by molar-refractivity contribution is 6.06. The van der Waals surface area contributed by atoms with Crippen molar-refractivity contribution in [2.45, 2.75) is 13.8 Å². The van der Waals surface area contributed by atoms with E-state index >= 15 is 0 Å². The van der Waals surface area contributed by atoms with Crippen molar-refractivity contribution in [2.24, 2.45) is 0 Å². The van der Waals surface area contributed by atoms with Crippen LogP contribution in [0.1, 0.15) is 32.1 Å². The van der Waals surface area contributed by atoms with Crippen molar-refractivity contribution in [2.75, 3.05) is 17.7 Å². The van der Waals surface area contributed by atoms with E-state index in [1.54, 1.807) is 13.1 Å². The number of nitrogens with one attached hydrogen (secondary N) is 3. The number of aromatic nitrogens is 3. The number of para-hydroxylation sites is 1. The van der Waals surface area contributed by atoms with E-state index < -0.39 is 0 Å². The van der Waals surface area contributed by atoms with Crippen LogP contribution in [-0.4, -0.2) is 33.2 Å². The average Bonchev–Trinajstić information content (AvgIpc) is 3.12. The van der Waals surface area contributed by atoms with E-state index in [-0.39, 0.29) is 11.8 Å². The Morgan fingerprint density at radius 3 is 2.48 bits per heavy atom. The van der Waals surface area contributed by atoms with Crippen LogP contribution in [0.4, 0.5) is 17.2 Å². The Kier molecular flexibility index (Phi) is 5.36. The van der Waals surface area contributed by atoms with Crippen LogP contribution >= 0.6 is 0 Å². The van der Waals surface area contributed by atoms with Crippen molar-refractivity contribution in [3.05, 3.63) is 83.4 Å². The summed E-state index contributed by atoms with van der Waals surface area (Å²) in [6.45, 7) is 3.81.